The van der Waals surface area contributed by atoms with Crippen molar-refractivity contribution in [2.24, 2.45) is 5.73 Å². The number of fused-ring (bicyclic) bond motifs is 1. The molecule has 6 nitrogen and oxygen atoms in total. The Bertz CT molecular complexity index is 1130. The molecule has 0 aliphatic carbocycles. The third kappa shape index (κ3) is 2.89. The van der Waals surface area contributed by atoms with Crippen molar-refractivity contribution in [2.75, 3.05) is 0 Å². The van der Waals surface area contributed by atoms with Crippen molar-refractivity contribution in [1.29, 1.82) is 0 Å². The Labute approximate surface area is 156 Å². The Hall–Kier alpha value is -3.41. The predicted molar refractivity (Wildman–Crippen MR) is 104 cm³/mol. The molecule has 2 aromatic heterocycles. The molecule has 2 heterocycles. The van der Waals surface area contributed by atoms with Gasteiger partial charge in [-0.2, -0.15) is 0 Å². The Morgan fingerprint density at radius 1 is 1.07 bits per heavy atom. The number of para-hydroxylation sites is 1. The number of aromatic nitrogens is 3. The number of aromatic amines is 1. The Morgan fingerprint density at radius 3 is 2.48 bits per heavy atom. The molecule has 2 aromatic carbocycles. The molecule has 0 aliphatic rings. The minimum Gasteiger partial charge on any atom is -0.366 e. The minimum atomic E-state index is -0.511. The fourth-order valence-electron chi connectivity index (χ4n) is 3.16. The summed E-state index contributed by atoms with van der Waals surface area (Å²) >= 11 is 0. The first-order chi connectivity index (χ1) is 12.9. The van der Waals surface area contributed by atoms with E-state index < -0.39 is 5.91 Å². The van der Waals surface area contributed by atoms with Crippen LogP contribution in [0.1, 0.15) is 36.8 Å². The second-order valence-corrected chi connectivity index (χ2v) is 7.50. The lowest BCUT2D eigenvalue weighted by Gasteiger charge is -2.15. The van der Waals surface area contributed by atoms with Gasteiger partial charge in [0.1, 0.15) is 17.0 Å². The first-order valence-electron chi connectivity index (χ1n) is 8.71. The fraction of sp³-hybridized carbons (Fsp3) is 0.190. The average molecular weight is 360 g/mol. The SMILES string of the molecule is CC(C)(C)c1noc(-c2ccccc2)c1-c1nc2c(C(N)=O)cccc2[nH]1. The molecule has 4 rings (SSSR count). The van der Waals surface area contributed by atoms with Gasteiger partial charge in [0, 0.05) is 11.0 Å². The fourth-order valence-corrected chi connectivity index (χ4v) is 3.16. The van der Waals surface area contributed by atoms with Crippen LogP contribution in [0, 0.1) is 0 Å². The Kier molecular flexibility index (Phi) is 3.84. The van der Waals surface area contributed by atoms with Crippen LogP contribution in [-0.4, -0.2) is 21.0 Å². The van der Waals surface area contributed by atoms with E-state index in [0.717, 1.165) is 22.3 Å². The molecule has 0 unspecified atom stereocenters. The number of nitrogens with two attached hydrogens (primary N) is 1. The summed E-state index contributed by atoms with van der Waals surface area (Å²) in [7, 11) is 0. The maximum absolute atomic E-state index is 11.8. The lowest BCUT2D eigenvalue weighted by molar-refractivity contribution is 0.100. The monoisotopic (exact) mass is 360 g/mol. The maximum Gasteiger partial charge on any atom is 0.250 e. The van der Waals surface area contributed by atoms with E-state index >= 15 is 0 Å². The number of amides is 1. The molecular formula is C21H20N4O2. The largest absolute Gasteiger partial charge is 0.366 e. The lowest BCUT2D eigenvalue weighted by Crippen LogP contribution is -2.13. The molecule has 4 aromatic rings. The number of carbonyl (C=O) groups is 1. The van der Waals surface area contributed by atoms with Crippen LogP contribution in [-0.2, 0) is 5.41 Å². The molecule has 0 radical (unpaired) electrons. The number of benzene rings is 2. The zero-order valence-electron chi connectivity index (χ0n) is 15.4. The highest BCUT2D eigenvalue weighted by atomic mass is 16.5. The van der Waals surface area contributed by atoms with Crippen LogP contribution in [0.15, 0.2) is 53.1 Å². The lowest BCUT2D eigenvalue weighted by atomic mass is 9.88. The molecule has 0 aliphatic heterocycles. The topological polar surface area (TPSA) is 97.8 Å². The van der Waals surface area contributed by atoms with Crippen LogP contribution in [0.3, 0.4) is 0 Å². The van der Waals surface area contributed by atoms with Gasteiger partial charge in [-0.15, -0.1) is 0 Å². The molecule has 0 saturated carbocycles. The minimum absolute atomic E-state index is 0.253. The molecule has 136 valence electrons. The van der Waals surface area contributed by atoms with Gasteiger partial charge in [0.15, 0.2) is 5.76 Å². The molecule has 6 heteroatoms. The van der Waals surface area contributed by atoms with Crippen molar-refractivity contribution in [1.82, 2.24) is 15.1 Å². The van der Waals surface area contributed by atoms with E-state index in [1.807, 2.05) is 36.4 Å². The van der Waals surface area contributed by atoms with E-state index in [4.69, 9.17) is 10.3 Å². The van der Waals surface area contributed by atoms with E-state index in [1.54, 1.807) is 12.1 Å². The van der Waals surface area contributed by atoms with Crippen LogP contribution >= 0.6 is 0 Å². The summed E-state index contributed by atoms with van der Waals surface area (Å²) in [6.45, 7) is 6.21. The third-order valence-electron chi connectivity index (χ3n) is 4.45. The predicted octanol–water partition coefficient (Wildman–Crippen LogP) is 4.28. The van der Waals surface area contributed by atoms with Crippen molar-refractivity contribution in [3.8, 4) is 22.7 Å². The standard InChI is InChI=1S/C21H20N4O2/c1-21(2,3)18-15(17(27-25-18)12-8-5-4-6-9-12)20-23-14-11-7-10-13(19(22)26)16(14)24-20/h4-11H,1-3H3,(H2,22,26)(H,23,24). The number of rotatable bonds is 3. The number of primary amides is 1. The molecule has 1 amide bonds. The van der Waals surface area contributed by atoms with Crippen LogP contribution in [0.2, 0.25) is 0 Å². The van der Waals surface area contributed by atoms with Crippen molar-refractivity contribution in [3.05, 3.63) is 59.8 Å². The van der Waals surface area contributed by atoms with Gasteiger partial charge in [-0.1, -0.05) is 62.3 Å². The summed E-state index contributed by atoms with van der Waals surface area (Å²) in [5, 5.41) is 4.34. The van der Waals surface area contributed by atoms with Crippen LogP contribution in [0.25, 0.3) is 33.7 Å². The van der Waals surface area contributed by atoms with Gasteiger partial charge in [0.2, 0.25) is 0 Å². The van der Waals surface area contributed by atoms with Gasteiger partial charge >= 0.3 is 0 Å². The normalized spacial score (nSPS) is 11.8. The third-order valence-corrected chi connectivity index (χ3v) is 4.45. The van der Waals surface area contributed by atoms with Gasteiger partial charge in [-0.25, -0.2) is 4.98 Å². The Balaban J connectivity index is 2.01. The quantitative estimate of drug-likeness (QED) is 0.570. The summed E-state index contributed by atoms with van der Waals surface area (Å²) in [6.07, 6.45) is 0. The van der Waals surface area contributed by atoms with Crippen molar-refractivity contribution < 1.29 is 9.32 Å². The van der Waals surface area contributed by atoms with Crippen molar-refractivity contribution in [2.45, 2.75) is 26.2 Å². The molecule has 0 bridgehead atoms. The van der Waals surface area contributed by atoms with Crippen LogP contribution in [0.4, 0.5) is 0 Å². The van der Waals surface area contributed by atoms with Gasteiger partial charge in [-0.3, -0.25) is 4.79 Å². The summed E-state index contributed by atoms with van der Waals surface area (Å²) in [4.78, 5) is 19.7. The van der Waals surface area contributed by atoms with Crippen molar-refractivity contribution in [3.63, 3.8) is 0 Å². The number of carbonyl (C=O) groups excluding carboxylic acids is 1. The summed E-state index contributed by atoms with van der Waals surface area (Å²) < 4.78 is 5.73. The molecule has 0 fully saturated rings. The number of H-pyrrole nitrogens is 1. The molecule has 0 atom stereocenters. The smallest absolute Gasteiger partial charge is 0.250 e. The zero-order chi connectivity index (χ0) is 19.2. The first kappa shape index (κ1) is 17.0. The number of nitrogens with one attached hydrogen (secondary N) is 1. The molecule has 3 N–H and O–H groups in total. The van der Waals surface area contributed by atoms with Crippen molar-refractivity contribution >= 4 is 16.9 Å². The summed E-state index contributed by atoms with van der Waals surface area (Å²) in [6, 6.07) is 15.1. The Morgan fingerprint density at radius 2 is 1.81 bits per heavy atom. The highest BCUT2D eigenvalue weighted by Gasteiger charge is 2.30. The van der Waals surface area contributed by atoms with Gasteiger partial charge in [-0.05, 0) is 12.1 Å². The number of hydrogen-bond acceptors (Lipinski definition) is 4. The zero-order valence-corrected chi connectivity index (χ0v) is 15.4. The highest BCUT2D eigenvalue weighted by Crippen LogP contribution is 2.39. The molecule has 0 spiro atoms. The molecule has 27 heavy (non-hydrogen) atoms. The number of imidazole rings is 1. The van der Waals surface area contributed by atoms with E-state index in [1.165, 1.54) is 0 Å². The van der Waals surface area contributed by atoms with Gasteiger partial charge < -0.3 is 15.2 Å². The molecular weight excluding hydrogens is 340 g/mol. The van der Waals surface area contributed by atoms with Gasteiger partial charge in [0.05, 0.1) is 16.6 Å². The van der Waals surface area contributed by atoms with Crippen LogP contribution < -0.4 is 5.73 Å². The number of hydrogen-bond donors (Lipinski definition) is 2. The summed E-state index contributed by atoms with van der Waals surface area (Å²) in [5.74, 6) is 0.729. The highest BCUT2D eigenvalue weighted by molar-refractivity contribution is 6.04. The van der Waals surface area contributed by atoms with E-state index in [9.17, 15) is 4.79 Å². The first-order valence-corrected chi connectivity index (χ1v) is 8.71. The average Bonchev–Trinajstić information content (AvgIpc) is 3.25. The van der Waals surface area contributed by atoms with E-state index in [2.05, 4.69) is 35.9 Å². The van der Waals surface area contributed by atoms with Gasteiger partial charge in [0.25, 0.3) is 5.91 Å². The second-order valence-electron chi connectivity index (χ2n) is 7.50. The summed E-state index contributed by atoms with van der Waals surface area (Å²) in [5.41, 5.74) is 9.40. The van der Waals surface area contributed by atoms with E-state index in [0.29, 0.717) is 22.7 Å². The second kappa shape index (κ2) is 6.09. The number of nitrogens with zero attached hydrogens (tertiary/aromatic N) is 2. The molecule has 0 saturated heterocycles. The van der Waals surface area contributed by atoms with Crippen LogP contribution in [0.5, 0.6) is 0 Å². The maximum atomic E-state index is 11.8. The van der Waals surface area contributed by atoms with E-state index in [-0.39, 0.29) is 5.41 Å².